The summed E-state index contributed by atoms with van der Waals surface area (Å²) >= 11 is 0. The molecule has 0 aliphatic carbocycles. The zero-order chi connectivity index (χ0) is 18.7. The van der Waals surface area contributed by atoms with Crippen molar-refractivity contribution >= 4 is 17.7 Å². The maximum atomic E-state index is 12.9. The number of aryl methyl sites for hydroxylation is 1. The van der Waals surface area contributed by atoms with Crippen LogP contribution in [0.15, 0.2) is 24.3 Å². The first-order valence-corrected chi connectivity index (χ1v) is 9.31. The molecule has 3 amide bonds. The van der Waals surface area contributed by atoms with Gasteiger partial charge in [0, 0.05) is 52.6 Å². The highest BCUT2D eigenvalue weighted by Crippen LogP contribution is 2.23. The first-order valence-electron chi connectivity index (χ1n) is 9.31. The molecule has 3 rings (SSSR count). The van der Waals surface area contributed by atoms with Gasteiger partial charge in [0.25, 0.3) is 0 Å². The number of hydrogen-bond donors (Lipinski definition) is 0. The molecule has 0 radical (unpaired) electrons. The van der Waals surface area contributed by atoms with E-state index in [9.17, 15) is 14.4 Å². The highest BCUT2D eigenvalue weighted by atomic mass is 16.2. The Hall–Kier alpha value is -2.37. The molecule has 0 aromatic heterocycles. The Morgan fingerprint density at radius 3 is 2.38 bits per heavy atom. The minimum absolute atomic E-state index is 0.0455. The zero-order valence-corrected chi connectivity index (χ0v) is 15.6. The summed E-state index contributed by atoms with van der Waals surface area (Å²) in [6.07, 6.45) is 1.08. The smallest absolute Gasteiger partial charge is 0.228 e. The van der Waals surface area contributed by atoms with E-state index in [1.807, 2.05) is 36.1 Å². The number of rotatable bonds is 3. The Morgan fingerprint density at radius 1 is 1.04 bits per heavy atom. The summed E-state index contributed by atoms with van der Waals surface area (Å²) in [5, 5.41) is 0. The van der Waals surface area contributed by atoms with Gasteiger partial charge in [0.2, 0.25) is 17.7 Å². The summed E-state index contributed by atoms with van der Waals surface area (Å²) in [7, 11) is 0. The third kappa shape index (κ3) is 4.23. The first kappa shape index (κ1) is 18.4. The van der Waals surface area contributed by atoms with Gasteiger partial charge in [0.15, 0.2) is 0 Å². The summed E-state index contributed by atoms with van der Waals surface area (Å²) in [6.45, 7) is 7.13. The minimum Gasteiger partial charge on any atom is -0.341 e. The van der Waals surface area contributed by atoms with Gasteiger partial charge in [-0.25, -0.2) is 0 Å². The fourth-order valence-corrected chi connectivity index (χ4v) is 3.72. The molecule has 1 atom stereocenters. The second kappa shape index (κ2) is 7.89. The van der Waals surface area contributed by atoms with E-state index in [0.29, 0.717) is 39.3 Å². The number of nitrogens with zero attached hydrogens (tertiary/aromatic N) is 3. The number of benzene rings is 1. The topological polar surface area (TPSA) is 60.9 Å². The largest absolute Gasteiger partial charge is 0.341 e. The van der Waals surface area contributed by atoms with Crippen molar-refractivity contribution in [1.82, 2.24) is 14.7 Å². The van der Waals surface area contributed by atoms with E-state index >= 15 is 0 Å². The molecule has 0 bridgehead atoms. The van der Waals surface area contributed by atoms with Gasteiger partial charge in [-0.3, -0.25) is 14.4 Å². The van der Waals surface area contributed by atoms with Crippen LogP contribution in [0.5, 0.6) is 0 Å². The molecule has 2 aliphatic heterocycles. The van der Waals surface area contributed by atoms with Crippen LogP contribution >= 0.6 is 0 Å². The van der Waals surface area contributed by atoms with Crippen molar-refractivity contribution in [3.63, 3.8) is 0 Å². The first-order chi connectivity index (χ1) is 12.4. The van der Waals surface area contributed by atoms with Gasteiger partial charge in [-0.2, -0.15) is 0 Å². The number of carbonyl (C=O) groups is 3. The van der Waals surface area contributed by atoms with Gasteiger partial charge in [-0.1, -0.05) is 29.8 Å². The molecule has 2 saturated heterocycles. The van der Waals surface area contributed by atoms with Crippen molar-refractivity contribution in [2.45, 2.75) is 33.2 Å². The number of likely N-dealkylation sites (tertiary alicyclic amines) is 1. The summed E-state index contributed by atoms with van der Waals surface area (Å²) in [6, 6.07) is 8.14. The monoisotopic (exact) mass is 357 g/mol. The molecule has 2 heterocycles. The van der Waals surface area contributed by atoms with Crippen LogP contribution in [0.2, 0.25) is 0 Å². The van der Waals surface area contributed by atoms with Crippen LogP contribution in [-0.4, -0.2) is 65.1 Å². The highest BCUT2D eigenvalue weighted by molar-refractivity contribution is 5.89. The van der Waals surface area contributed by atoms with E-state index in [2.05, 4.69) is 0 Å². The second-order valence-corrected chi connectivity index (χ2v) is 7.35. The van der Waals surface area contributed by atoms with Crippen molar-refractivity contribution in [3.8, 4) is 0 Å². The van der Waals surface area contributed by atoms with E-state index < -0.39 is 0 Å². The molecule has 1 aromatic carbocycles. The van der Waals surface area contributed by atoms with Crippen molar-refractivity contribution < 1.29 is 14.4 Å². The van der Waals surface area contributed by atoms with E-state index in [0.717, 1.165) is 12.0 Å². The summed E-state index contributed by atoms with van der Waals surface area (Å²) in [5.41, 5.74) is 2.28. The van der Waals surface area contributed by atoms with Gasteiger partial charge in [0.05, 0.1) is 5.92 Å². The third-order valence-electron chi connectivity index (χ3n) is 5.31. The predicted octanol–water partition coefficient (Wildman–Crippen LogP) is 1.42. The lowest BCUT2D eigenvalue weighted by Gasteiger charge is -2.24. The Balaban J connectivity index is 1.58. The van der Waals surface area contributed by atoms with Crippen molar-refractivity contribution in [1.29, 1.82) is 0 Å². The maximum Gasteiger partial charge on any atom is 0.228 e. The van der Waals surface area contributed by atoms with Gasteiger partial charge in [-0.05, 0) is 18.9 Å². The summed E-state index contributed by atoms with van der Waals surface area (Å²) in [4.78, 5) is 42.2. The van der Waals surface area contributed by atoms with Crippen molar-refractivity contribution in [2.75, 3.05) is 32.7 Å². The van der Waals surface area contributed by atoms with E-state index in [-0.39, 0.29) is 30.1 Å². The molecule has 0 spiro atoms. The van der Waals surface area contributed by atoms with E-state index in [1.165, 1.54) is 5.56 Å². The molecule has 0 saturated carbocycles. The molecular formula is C20H27N3O3. The second-order valence-electron chi connectivity index (χ2n) is 7.35. The molecular weight excluding hydrogens is 330 g/mol. The SMILES string of the molecule is CC(=O)N1CCCN(C(=O)C2CC(=O)N(Cc3ccc(C)cc3)C2)CC1. The van der Waals surface area contributed by atoms with Gasteiger partial charge in [-0.15, -0.1) is 0 Å². The molecule has 2 fully saturated rings. The quantitative estimate of drug-likeness (QED) is 0.822. The van der Waals surface area contributed by atoms with Gasteiger partial charge in [0.1, 0.15) is 0 Å². The molecule has 6 nitrogen and oxygen atoms in total. The maximum absolute atomic E-state index is 12.9. The lowest BCUT2D eigenvalue weighted by molar-refractivity contribution is -0.136. The Bertz CT molecular complexity index is 686. The van der Waals surface area contributed by atoms with Crippen LogP contribution in [0, 0.1) is 12.8 Å². The molecule has 1 unspecified atom stereocenters. The Morgan fingerprint density at radius 2 is 1.69 bits per heavy atom. The van der Waals surface area contributed by atoms with Gasteiger partial charge >= 0.3 is 0 Å². The molecule has 140 valence electrons. The van der Waals surface area contributed by atoms with Crippen LogP contribution in [0.25, 0.3) is 0 Å². The lowest BCUT2D eigenvalue weighted by Crippen LogP contribution is -2.40. The van der Waals surface area contributed by atoms with Crippen LogP contribution < -0.4 is 0 Å². The fraction of sp³-hybridized carbons (Fsp3) is 0.550. The van der Waals surface area contributed by atoms with Crippen LogP contribution in [0.4, 0.5) is 0 Å². The molecule has 2 aliphatic rings. The molecule has 26 heavy (non-hydrogen) atoms. The zero-order valence-electron chi connectivity index (χ0n) is 15.6. The van der Waals surface area contributed by atoms with Crippen molar-refractivity contribution in [3.05, 3.63) is 35.4 Å². The van der Waals surface area contributed by atoms with E-state index in [4.69, 9.17) is 0 Å². The molecule has 1 aromatic rings. The standard InChI is InChI=1S/C20H27N3O3/c1-15-4-6-17(7-5-15)13-23-14-18(12-19(23)25)20(26)22-9-3-8-21(10-11-22)16(2)24/h4-7,18H,3,8-14H2,1-2H3. The Kier molecular flexibility index (Phi) is 5.59. The number of carbonyl (C=O) groups excluding carboxylic acids is 3. The van der Waals surface area contributed by atoms with Crippen LogP contribution in [-0.2, 0) is 20.9 Å². The summed E-state index contributed by atoms with van der Waals surface area (Å²) in [5.74, 6) is -0.115. The van der Waals surface area contributed by atoms with Crippen LogP contribution in [0.3, 0.4) is 0 Å². The lowest BCUT2D eigenvalue weighted by atomic mass is 10.1. The third-order valence-corrected chi connectivity index (χ3v) is 5.31. The van der Waals surface area contributed by atoms with E-state index in [1.54, 1.807) is 16.7 Å². The Labute approximate surface area is 154 Å². The van der Waals surface area contributed by atoms with Gasteiger partial charge < -0.3 is 14.7 Å². The average Bonchev–Trinajstić information content (AvgIpc) is 2.83. The molecule has 6 heteroatoms. The van der Waals surface area contributed by atoms with Crippen molar-refractivity contribution in [2.24, 2.45) is 5.92 Å². The normalized spacial score (nSPS) is 21.1. The average molecular weight is 357 g/mol. The minimum atomic E-state index is -0.267. The fourth-order valence-electron chi connectivity index (χ4n) is 3.72. The highest BCUT2D eigenvalue weighted by Gasteiger charge is 2.36. The summed E-state index contributed by atoms with van der Waals surface area (Å²) < 4.78 is 0. The number of amides is 3. The number of hydrogen-bond acceptors (Lipinski definition) is 3. The molecule has 0 N–H and O–H groups in total. The van der Waals surface area contributed by atoms with Crippen LogP contribution in [0.1, 0.15) is 30.9 Å². The predicted molar refractivity (Wildman–Crippen MR) is 98.2 cm³/mol.